The van der Waals surface area contributed by atoms with Gasteiger partial charge in [-0.1, -0.05) is 18.2 Å². The van der Waals surface area contributed by atoms with Gasteiger partial charge in [-0.15, -0.1) is 10.2 Å². The second-order valence-corrected chi connectivity index (χ2v) is 7.32. The Kier molecular flexibility index (Phi) is 5.59. The Morgan fingerprint density at radius 3 is 2.55 bits per heavy atom. The second-order valence-electron chi connectivity index (χ2n) is 7.32. The van der Waals surface area contributed by atoms with E-state index in [1.165, 1.54) is 7.11 Å². The molecule has 0 aliphatic carbocycles. The van der Waals surface area contributed by atoms with Crippen molar-refractivity contribution in [1.82, 2.24) is 15.1 Å². The van der Waals surface area contributed by atoms with Gasteiger partial charge in [-0.05, 0) is 25.0 Å². The van der Waals surface area contributed by atoms with E-state index < -0.39 is 0 Å². The van der Waals surface area contributed by atoms with E-state index >= 15 is 0 Å². The molecule has 2 fully saturated rings. The van der Waals surface area contributed by atoms with Crippen molar-refractivity contribution in [2.24, 2.45) is 5.92 Å². The molecular formula is C21H24N4O4. The molecule has 8 heteroatoms. The first-order valence-electron chi connectivity index (χ1n) is 9.82. The van der Waals surface area contributed by atoms with Crippen molar-refractivity contribution in [3.63, 3.8) is 0 Å². The summed E-state index contributed by atoms with van der Waals surface area (Å²) in [5.74, 6) is 0.532. The van der Waals surface area contributed by atoms with Crippen LogP contribution >= 0.6 is 0 Å². The molecule has 2 unspecified atom stereocenters. The highest BCUT2D eigenvalue weighted by Gasteiger charge is 2.38. The zero-order valence-electron chi connectivity index (χ0n) is 16.4. The van der Waals surface area contributed by atoms with Crippen LogP contribution in [0, 0.1) is 5.92 Å². The average Bonchev–Trinajstić information content (AvgIpc) is 3.16. The molecule has 4 rings (SSSR count). The van der Waals surface area contributed by atoms with Crippen LogP contribution < -0.4 is 14.4 Å². The number of carbonyl (C=O) groups is 2. The van der Waals surface area contributed by atoms with Crippen molar-refractivity contribution >= 4 is 17.5 Å². The van der Waals surface area contributed by atoms with Gasteiger partial charge in [0.1, 0.15) is 6.10 Å². The molecule has 2 aromatic rings. The molecule has 0 saturated carbocycles. The van der Waals surface area contributed by atoms with E-state index in [-0.39, 0.29) is 30.3 Å². The molecule has 3 heterocycles. The molecule has 0 radical (unpaired) electrons. The normalized spacial score (nSPS) is 21.9. The van der Waals surface area contributed by atoms with Crippen LogP contribution in [0.1, 0.15) is 19.3 Å². The standard InChI is InChI=1S/C21H24N4O4/c1-28-18-9-10-19(23-22-18)29-17-8-5-11-24(14-17)21(27)15-12-20(26)25(13-15)16-6-3-2-4-7-16/h2-4,6-7,9-10,15,17H,5,8,11-14H2,1H3. The van der Waals surface area contributed by atoms with E-state index in [2.05, 4.69) is 10.2 Å². The topological polar surface area (TPSA) is 84.9 Å². The number of hydrogen-bond donors (Lipinski definition) is 0. The Labute approximate surface area is 169 Å². The highest BCUT2D eigenvalue weighted by Crippen LogP contribution is 2.27. The van der Waals surface area contributed by atoms with Crippen molar-refractivity contribution in [2.45, 2.75) is 25.4 Å². The van der Waals surface area contributed by atoms with Gasteiger partial charge in [0.15, 0.2) is 0 Å². The Balaban J connectivity index is 1.36. The van der Waals surface area contributed by atoms with Crippen molar-refractivity contribution in [2.75, 3.05) is 31.6 Å². The monoisotopic (exact) mass is 396 g/mol. The molecular weight excluding hydrogens is 372 g/mol. The number of aromatic nitrogens is 2. The van der Waals surface area contributed by atoms with Crippen molar-refractivity contribution in [3.05, 3.63) is 42.5 Å². The van der Waals surface area contributed by atoms with Crippen molar-refractivity contribution < 1.29 is 19.1 Å². The van der Waals surface area contributed by atoms with Gasteiger partial charge in [-0.3, -0.25) is 9.59 Å². The van der Waals surface area contributed by atoms with E-state index in [0.717, 1.165) is 18.5 Å². The van der Waals surface area contributed by atoms with Crippen molar-refractivity contribution in [3.8, 4) is 11.8 Å². The third kappa shape index (κ3) is 4.31. The maximum absolute atomic E-state index is 13.1. The minimum atomic E-state index is -0.317. The number of piperidine rings is 1. The van der Waals surface area contributed by atoms with Crippen LogP contribution in [0.25, 0.3) is 0 Å². The lowest BCUT2D eigenvalue weighted by atomic mass is 10.0. The fourth-order valence-corrected chi connectivity index (χ4v) is 3.87. The molecule has 152 valence electrons. The summed E-state index contributed by atoms with van der Waals surface area (Å²) >= 11 is 0. The highest BCUT2D eigenvalue weighted by atomic mass is 16.5. The molecule has 1 aromatic carbocycles. The summed E-state index contributed by atoms with van der Waals surface area (Å²) in [6.45, 7) is 1.60. The lowest BCUT2D eigenvalue weighted by Gasteiger charge is -2.34. The Hall–Kier alpha value is -3.16. The quantitative estimate of drug-likeness (QED) is 0.768. The molecule has 2 aliphatic rings. The lowest BCUT2D eigenvalue weighted by molar-refractivity contribution is -0.138. The lowest BCUT2D eigenvalue weighted by Crippen LogP contribution is -2.47. The number of carbonyl (C=O) groups excluding carboxylic acids is 2. The fraction of sp³-hybridized carbons (Fsp3) is 0.429. The predicted octanol–water partition coefficient (Wildman–Crippen LogP) is 1.91. The second kappa shape index (κ2) is 8.46. The first kappa shape index (κ1) is 19.2. The van der Waals surface area contributed by atoms with E-state index in [1.54, 1.807) is 17.0 Å². The molecule has 0 spiro atoms. The first-order valence-corrected chi connectivity index (χ1v) is 9.82. The zero-order valence-corrected chi connectivity index (χ0v) is 16.4. The zero-order chi connectivity index (χ0) is 20.2. The number of likely N-dealkylation sites (tertiary alicyclic amines) is 1. The Bertz CT molecular complexity index is 859. The smallest absolute Gasteiger partial charge is 0.233 e. The summed E-state index contributed by atoms with van der Waals surface area (Å²) in [6, 6.07) is 12.9. The van der Waals surface area contributed by atoms with Crippen LogP contribution in [0.4, 0.5) is 5.69 Å². The number of anilines is 1. The van der Waals surface area contributed by atoms with Gasteiger partial charge in [0.25, 0.3) is 0 Å². The summed E-state index contributed by atoms with van der Waals surface area (Å²) in [5.41, 5.74) is 0.839. The minimum absolute atomic E-state index is 0.00660. The van der Waals surface area contributed by atoms with Gasteiger partial charge < -0.3 is 19.3 Å². The van der Waals surface area contributed by atoms with Crippen LogP contribution in [0.5, 0.6) is 11.8 Å². The number of amides is 2. The maximum atomic E-state index is 13.1. The summed E-state index contributed by atoms with van der Waals surface area (Å²) in [7, 11) is 1.53. The van der Waals surface area contributed by atoms with Gasteiger partial charge in [0.2, 0.25) is 23.6 Å². The third-order valence-electron chi connectivity index (χ3n) is 5.34. The molecule has 0 bridgehead atoms. The average molecular weight is 396 g/mol. The largest absolute Gasteiger partial charge is 0.480 e. The van der Waals surface area contributed by atoms with Crippen LogP contribution in [0.3, 0.4) is 0 Å². The molecule has 2 atom stereocenters. The van der Waals surface area contributed by atoms with Gasteiger partial charge in [0, 0.05) is 37.3 Å². The van der Waals surface area contributed by atoms with Crippen LogP contribution in [-0.2, 0) is 9.59 Å². The molecule has 0 N–H and O–H groups in total. The molecule has 2 aliphatic heterocycles. The first-order chi connectivity index (χ1) is 14.1. The van der Waals surface area contributed by atoms with Crippen LogP contribution in [0.15, 0.2) is 42.5 Å². The number of ether oxygens (including phenoxy) is 2. The highest BCUT2D eigenvalue weighted by molar-refractivity contribution is 6.00. The summed E-state index contributed by atoms with van der Waals surface area (Å²) in [6.07, 6.45) is 1.80. The van der Waals surface area contributed by atoms with E-state index in [1.807, 2.05) is 35.2 Å². The van der Waals surface area contributed by atoms with Gasteiger partial charge >= 0.3 is 0 Å². The molecule has 1 aromatic heterocycles. The van der Waals surface area contributed by atoms with Gasteiger partial charge in [-0.2, -0.15) is 0 Å². The molecule has 2 amide bonds. The van der Waals surface area contributed by atoms with Gasteiger partial charge in [-0.25, -0.2) is 0 Å². The molecule has 8 nitrogen and oxygen atoms in total. The van der Waals surface area contributed by atoms with Gasteiger partial charge in [0.05, 0.1) is 19.6 Å². The number of para-hydroxylation sites is 1. The summed E-state index contributed by atoms with van der Waals surface area (Å²) < 4.78 is 10.9. The van der Waals surface area contributed by atoms with E-state index in [4.69, 9.17) is 9.47 Å². The molecule has 29 heavy (non-hydrogen) atoms. The number of rotatable bonds is 5. The SMILES string of the molecule is COc1ccc(OC2CCCN(C(=O)C3CC(=O)N(c4ccccc4)C3)C2)nn1. The van der Waals surface area contributed by atoms with Crippen molar-refractivity contribution in [1.29, 1.82) is 0 Å². The summed E-state index contributed by atoms with van der Waals surface area (Å²) in [5, 5.41) is 7.90. The van der Waals surface area contributed by atoms with E-state index in [9.17, 15) is 9.59 Å². The molecule has 2 saturated heterocycles. The number of methoxy groups -OCH3 is 1. The predicted molar refractivity (Wildman–Crippen MR) is 106 cm³/mol. The Morgan fingerprint density at radius 1 is 1.07 bits per heavy atom. The number of hydrogen-bond acceptors (Lipinski definition) is 6. The minimum Gasteiger partial charge on any atom is -0.480 e. The van der Waals surface area contributed by atoms with E-state index in [0.29, 0.717) is 31.4 Å². The summed E-state index contributed by atoms with van der Waals surface area (Å²) in [4.78, 5) is 29.0. The van der Waals surface area contributed by atoms with Crippen LogP contribution in [-0.4, -0.2) is 59.8 Å². The number of nitrogens with zero attached hydrogens (tertiary/aromatic N) is 4. The maximum Gasteiger partial charge on any atom is 0.233 e. The van der Waals surface area contributed by atoms with Crippen LogP contribution in [0.2, 0.25) is 0 Å². The Morgan fingerprint density at radius 2 is 1.83 bits per heavy atom. The third-order valence-corrected chi connectivity index (χ3v) is 5.34. The fourth-order valence-electron chi connectivity index (χ4n) is 3.87. The number of benzene rings is 1.